The van der Waals surface area contributed by atoms with E-state index in [-0.39, 0.29) is 6.54 Å². The average Bonchev–Trinajstić information content (AvgIpc) is 1.80. The fraction of sp³-hybridized carbons (Fsp3) is 1.00. The van der Waals surface area contributed by atoms with Crippen molar-refractivity contribution in [3.05, 3.63) is 0 Å². The van der Waals surface area contributed by atoms with Crippen LogP contribution in [0.3, 0.4) is 0 Å². The molecule has 0 aliphatic carbocycles. The van der Waals surface area contributed by atoms with E-state index in [9.17, 15) is 21.6 Å². The molecule has 3 nitrogen and oxygen atoms in total. The van der Waals surface area contributed by atoms with Crippen molar-refractivity contribution in [3.63, 3.8) is 0 Å². The molecule has 86 valence electrons. The van der Waals surface area contributed by atoms with E-state index in [2.05, 4.69) is 0 Å². The maximum atomic E-state index is 12.2. The Kier molecular flexibility index (Phi) is 3.80. The number of halogens is 3. The first-order chi connectivity index (χ1) is 5.94. The predicted molar refractivity (Wildman–Crippen MR) is 50.7 cm³/mol. The Morgan fingerprint density at radius 1 is 1.21 bits per heavy atom. The van der Waals surface area contributed by atoms with E-state index in [1.54, 1.807) is 19.6 Å². The van der Waals surface area contributed by atoms with Crippen LogP contribution in [0.5, 0.6) is 0 Å². The van der Waals surface area contributed by atoms with Crippen LogP contribution in [0.1, 0.15) is 6.92 Å². The SMILES string of the molecule is CCN([Si](C)(C)C)S(=O)(=O)C(F)(F)F. The summed E-state index contributed by atoms with van der Waals surface area (Å²) in [5.41, 5.74) is -5.19. The highest BCUT2D eigenvalue weighted by Gasteiger charge is 2.52. The first-order valence-corrected chi connectivity index (χ1v) is 8.92. The van der Waals surface area contributed by atoms with Crippen molar-refractivity contribution in [2.45, 2.75) is 32.1 Å². The van der Waals surface area contributed by atoms with Gasteiger partial charge in [0.25, 0.3) is 0 Å². The van der Waals surface area contributed by atoms with E-state index in [0.29, 0.717) is 3.97 Å². The monoisotopic (exact) mass is 249 g/mol. The van der Waals surface area contributed by atoms with Gasteiger partial charge < -0.3 is 0 Å². The Balaban J connectivity index is 5.28. The fourth-order valence-corrected chi connectivity index (χ4v) is 5.86. The third-order valence-electron chi connectivity index (χ3n) is 1.62. The zero-order chi connectivity index (χ0) is 11.8. The summed E-state index contributed by atoms with van der Waals surface area (Å²) in [6.07, 6.45) is 0. The molecule has 0 unspecified atom stereocenters. The highest BCUT2D eigenvalue weighted by molar-refractivity contribution is 7.91. The average molecular weight is 249 g/mol. The summed E-state index contributed by atoms with van der Waals surface area (Å²) in [5, 5.41) is 0. The minimum absolute atomic E-state index is 0.141. The van der Waals surface area contributed by atoms with Crippen LogP contribution in [0.2, 0.25) is 19.6 Å². The Bertz CT molecular complexity index is 293. The van der Waals surface area contributed by atoms with E-state index in [1.165, 1.54) is 6.92 Å². The Morgan fingerprint density at radius 2 is 1.57 bits per heavy atom. The summed E-state index contributed by atoms with van der Waals surface area (Å²) in [5.74, 6) is 0. The van der Waals surface area contributed by atoms with Gasteiger partial charge in [0.05, 0.1) is 0 Å². The van der Waals surface area contributed by atoms with Gasteiger partial charge in [0.2, 0.25) is 0 Å². The minimum Gasteiger partial charge on any atom is -0.217 e. The number of hydrogen-bond acceptors (Lipinski definition) is 2. The molecule has 0 aromatic rings. The first kappa shape index (κ1) is 13.9. The van der Waals surface area contributed by atoms with Crippen LogP contribution in [-0.4, -0.2) is 32.7 Å². The molecule has 0 saturated carbocycles. The number of alkyl halides is 3. The lowest BCUT2D eigenvalue weighted by Crippen LogP contribution is -2.53. The third kappa shape index (κ3) is 2.70. The van der Waals surface area contributed by atoms with Crippen molar-refractivity contribution >= 4 is 18.3 Å². The van der Waals surface area contributed by atoms with Crippen molar-refractivity contribution in [2.75, 3.05) is 6.54 Å². The molecule has 0 radical (unpaired) electrons. The van der Waals surface area contributed by atoms with Crippen LogP contribution in [0.25, 0.3) is 0 Å². The smallest absolute Gasteiger partial charge is 0.217 e. The van der Waals surface area contributed by atoms with Gasteiger partial charge in [-0.15, -0.1) is 0 Å². The lowest BCUT2D eigenvalue weighted by atomic mass is 10.8. The molecule has 0 aliphatic heterocycles. The number of nitrogens with zero attached hydrogens (tertiary/aromatic N) is 1. The number of rotatable bonds is 3. The van der Waals surface area contributed by atoms with Crippen LogP contribution in [0.15, 0.2) is 0 Å². The van der Waals surface area contributed by atoms with E-state index in [0.717, 1.165) is 0 Å². The second kappa shape index (κ2) is 3.82. The van der Waals surface area contributed by atoms with Crippen molar-refractivity contribution in [3.8, 4) is 0 Å². The molecule has 0 fully saturated rings. The molecule has 0 aromatic heterocycles. The molecule has 0 heterocycles. The summed E-state index contributed by atoms with van der Waals surface area (Å²) >= 11 is 0. The van der Waals surface area contributed by atoms with Crippen molar-refractivity contribution < 1.29 is 21.6 Å². The van der Waals surface area contributed by atoms with Gasteiger partial charge in [-0.3, -0.25) is 0 Å². The lowest BCUT2D eigenvalue weighted by molar-refractivity contribution is -0.0471. The van der Waals surface area contributed by atoms with Gasteiger partial charge in [-0.25, -0.2) is 12.4 Å². The maximum absolute atomic E-state index is 12.2. The standard InChI is InChI=1S/C6H14F3NO2SSi/c1-5-10(14(2,3)4)13(11,12)6(7,8)9/h5H2,1-4H3. The van der Waals surface area contributed by atoms with E-state index >= 15 is 0 Å². The summed E-state index contributed by atoms with van der Waals surface area (Å²) in [6.45, 7) is 5.93. The minimum atomic E-state index is -5.19. The van der Waals surface area contributed by atoms with E-state index in [1.807, 2.05) is 0 Å². The lowest BCUT2D eigenvalue weighted by Gasteiger charge is -2.32. The van der Waals surface area contributed by atoms with Crippen LogP contribution in [0, 0.1) is 0 Å². The molecule has 0 bridgehead atoms. The van der Waals surface area contributed by atoms with Crippen molar-refractivity contribution in [1.82, 2.24) is 3.97 Å². The van der Waals surface area contributed by atoms with Crippen LogP contribution < -0.4 is 0 Å². The molecule has 0 aliphatic rings. The van der Waals surface area contributed by atoms with Gasteiger partial charge in [0, 0.05) is 6.54 Å². The van der Waals surface area contributed by atoms with Gasteiger partial charge in [-0.05, 0) is 0 Å². The molecule has 0 N–H and O–H groups in total. The van der Waals surface area contributed by atoms with Gasteiger partial charge in [0.15, 0.2) is 0 Å². The van der Waals surface area contributed by atoms with Crippen molar-refractivity contribution in [2.24, 2.45) is 0 Å². The molecule has 0 rings (SSSR count). The fourth-order valence-electron chi connectivity index (χ4n) is 1.13. The summed E-state index contributed by atoms with van der Waals surface area (Å²) < 4.78 is 59.3. The van der Waals surface area contributed by atoms with Gasteiger partial charge in [-0.1, -0.05) is 26.6 Å². The zero-order valence-electron chi connectivity index (χ0n) is 8.51. The summed E-state index contributed by atoms with van der Waals surface area (Å²) in [7, 11) is -7.66. The molecule has 0 saturated heterocycles. The van der Waals surface area contributed by atoms with Crippen LogP contribution in [-0.2, 0) is 10.0 Å². The topological polar surface area (TPSA) is 37.4 Å². The number of hydrogen-bond donors (Lipinski definition) is 0. The Labute approximate surface area is 83.0 Å². The van der Waals surface area contributed by atoms with Crippen molar-refractivity contribution in [1.29, 1.82) is 0 Å². The van der Waals surface area contributed by atoms with E-state index in [4.69, 9.17) is 0 Å². The summed E-state index contributed by atoms with van der Waals surface area (Å²) in [4.78, 5) is 0. The number of sulfonamides is 1. The molecule has 14 heavy (non-hydrogen) atoms. The zero-order valence-corrected chi connectivity index (χ0v) is 10.3. The molecular weight excluding hydrogens is 235 g/mol. The molecule has 0 aromatic carbocycles. The predicted octanol–water partition coefficient (Wildman–Crippen LogP) is 1.99. The Hall–Kier alpha value is -0.0831. The molecule has 8 heteroatoms. The molecular formula is C6H14F3NO2SSi. The third-order valence-corrected chi connectivity index (χ3v) is 7.22. The normalized spacial score (nSPS) is 14.9. The van der Waals surface area contributed by atoms with Gasteiger partial charge in [-0.2, -0.15) is 13.2 Å². The second-order valence-corrected chi connectivity index (χ2v) is 10.8. The molecule has 0 amide bonds. The highest BCUT2D eigenvalue weighted by atomic mass is 32.2. The largest absolute Gasteiger partial charge is 0.511 e. The molecule has 0 atom stereocenters. The Morgan fingerprint density at radius 3 is 1.64 bits per heavy atom. The van der Waals surface area contributed by atoms with Gasteiger partial charge >= 0.3 is 15.5 Å². The highest BCUT2D eigenvalue weighted by Crippen LogP contribution is 2.29. The van der Waals surface area contributed by atoms with Crippen LogP contribution >= 0.6 is 0 Å². The second-order valence-electron chi connectivity index (χ2n) is 3.79. The molecule has 0 spiro atoms. The quantitative estimate of drug-likeness (QED) is 0.717. The maximum Gasteiger partial charge on any atom is 0.511 e. The van der Waals surface area contributed by atoms with E-state index < -0.39 is 23.8 Å². The van der Waals surface area contributed by atoms with Gasteiger partial charge in [0.1, 0.15) is 8.24 Å². The summed E-state index contributed by atoms with van der Waals surface area (Å²) in [6, 6.07) is 0. The first-order valence-electron chi connectivity index (χ1n) is 4.03. The van der Waals surface area contributed by atoms with Crippen LogP contribution in [0.4, 0.5) is 13.2 Å².